The predicted octanol–water partition coefficient (Wildman–Crippen LogP) is -0.0635. The number of nitrogens with one attached hydrogen (secondary N) is 1. The number of nitrogens with two attached hydrogens (primary N) is 2. The highest BCUT2D eigenvalue weighted by molar-refractivity contribution is 5.88. The smallest absolute Gasteiger partial charge is 0.239 e. The van der Waals surface area contributed by atoms with Crippen LogP contribution < -0.4 is 16.8 Å². The monoisotopic (exact) mass is 249 g/mol. The Kier molecular flexibility index (Phi) is 5.32. The van der Waals surface area contributed by atoms with E-state index < -0.39 is 18.0 Å². The minimum Gasteiger partial charge on any atom is -0.368 e. The van der Waals surface area contributed by atoms with Crippen LogP contribution in [0.3, 0.4) is 0 Å². The van der Waals surface area contributed by atoms with E-state index in [1.165, 1.54) is 6.92 Å². The minimum absolute atomic E-state index is 0.350. The van der Waals surface area contributed by atoms with Gasteiger partial charge in [0.05, 0.1) is 6.04 Å². The Morgan fingerprint density at radius 2 is 1.89 bits per heavy atom. The van der Waals surface area contributed by atoms with E-state index in [1.807, 2.05) is 30.3 Å². The van der Waals surface area contributed by atoms with E-state index in [0.29, 0.717) is 6.42 Å². The molecule has 0 radical (unpaired) electrons. The number of carbonyl (C=O) groups excluding carboxylic acids is 2. The van der Waals surface area contributed by atoms with Gasteiger partial charge in [0.2, 0.25) is 11.8 Å². The number of hydrogen-bond acceptors (Lipinski definition) is 3. The number of aryl methyl sites for hydroxylation is 1. The van der Waals surface area contributed by atoms with Crippen molar-refractivity contribution in [1.82, 2.24) is 5.32 Å². The molecule has 5 nitrogen and oxygen atoms in total. The quantitative estimate of drug-likeness (QED) is 0.658. The second-order valence-corrected chi connectivity index (χ2v) is 4.26. The van der Waals surface area contributed by atoms with Crippen molar-refractivity contribution in [3.8, 4) is 0 Å². The molecular formula is C13H19N3O2. The van der Waals surface area contributed by atoms with Crippen molar-refractivity contribution >= 4 is 11.8 Å². The summed E-state index contributed by atoms with van der Waals surface area (Å²) >= 11 is 0. The molecule has 2 atom stereocenters. The first kappa shape index (κ1) is 14.2. The molecule has 0 heterocycles. The number of rotatable bonds is 6. The zero-order valence-corrected chi connectivity index (χ0v) is 10.4. The van der Waals surface area contributed by atoms with E-state index in [0.717, 1.165) is 12.0 Å². The number of primary amides is 1. The van der Waals surface area contributed by atoms with Crippen LogP contribution in [0, 0.1) is 0 Å². The van der Waals surface area contributed by atoms with Gasteiger partial charge in [-0.2, -0.15) is 0 Å². The minimum atomic E-state index is -0.694. The van der Waals surface area contributed by atoms with Gasteiger partial charge in [-0.25, -0.2) is 0 Å². The van der Waals surface area contributed by atoms with Gasteiger partial charge in [-0.3, -0.25) is 9.59 Å². The normalized spacial score (nSPS) is 13.7. The van der Waals surface area contributed by atoms with Gasteiger partial charge in [0.25, 0.3) is 0 Å². The molecule has 0 bridgehead atoms. The Morgan fingerprint density at radius 3 is 2.44 bits per heavy atom. The molecule has 0 aliphatic carbocycles. The fourth-order valence-corrected chi connectivity index (χ4v) is 1.49. The maximum Gasteiger partial charge on any atom is 0.239 e. The Balaban J connectivity index is 2.39. The highest BCUT2D eigenvalue weighted by Crippen LogP contribution is 2.04. The lowest BCUT2D eigenvalue weighted by Crippen LogP contribution is -2.49. The van der Waals surface area contributed by atoms with E-state index in [2.05, 4.69) is 5.32 Å². The van der Waals surface area contributed by atoms with E-state index >= 15 is 0 Å². The zero-order valence-electron chi connectivity index (χ0n) is 10.4. The van der Waals surface area contributed by atoms with Crippen LogP contribution in [0.15, 0.2) is 30.3 Å². The molecule has 0 saturated carbocycles. The molecule has 18 heavy (non-hydrogen) atoms. The van der Waals surface area contributed by atoms with Gasteiger partial charge in [0.15, 0.2) is 0 Å². The highest BCUT2D eigenvalue weighted by atomic mass is 16.2. The second-order valence-electron chi connectivity index (χ2n) is 4.26. The first-order chi connectivity index (χ1) is 8.50. The highest BCUT2D eigenvalue weighted by Gasteiger charge is 2.17. The molecule has 98 valence electrons. The van der Waals surface area contributed by atoms with E-state index in [9.17, 15) is 9.59 Å². The van der Waals surface area contributed by atoms with Crippen LogP contribution in [-0.4, -0.2) is 23.9 Å². The molecule has 0 saturated heterocycles. The molecule has 5 heteroatoms. The van der Waals surface area contributed by atoms with Crippen LogP contribution in [0.5, 0.6) is 0 Å². The SMILES string of the molecule is CC(NC(=O)C(N)CCc1ccccc1)C(N)=O. The summed E-state index contributed by atoms with van der Waals surface area (Å²) in [6.45, 7) is 1.53. The lowest BCUT2D eigenvalue weighted by molar-refractivity contribution is -0.127. The van der Waals surface area contributed by atoms with E-state index in [4.69, 9.17) is 11.5 Å². The summed E-state index contributed by atoms with van der Waals surface area (Å²) in [5.74, 6) is -0.921. The molecule has 0 fully saturated rings. The predicted molar refractivity (Wildman–Crippen MR) is 69.5 cm³/mol. The van der Waals surface area contributed by atoms with Crippen molar-refractivity contribution in [2.75, 3.05) is 0 Å². The Bertz CT molecular complexity index is 406. The topological polar surface area (TPSA) is 98.2 Å². The molecule has 5 N–H and O–H groups in total. The van der Waals surface area contributed by atoms with Crippen LogP contribution in [0.4, 0.5) is 0 Å². The molecule has 2 amide bonds. The van der Waals surface area contributed by atoms with Crippen molar-refractivity contribution in [2.24, 2.45) is 11.5 Å². The standard InChI is InChI=1S/C13H19N3O2/c1-9(12(15)17)16-13(18)11(14)8-7-10-5-3-2-4-6-10/h2-6,9,11H,7-8,14H2,1H3,(H2,15,17)(H,16,18). The van der Waals surface area contributed by atoms with E-state index in [1.54, 1.807) is 0 Å². The van der Waals surface area contributed by atoms with Crippen LogP contribution in [0.1, 0.15) is 18.9 Å². The Morgan fingerprint density at radius 1 is 1.28 bits per heavy atom. The maximum absolute atomic E-state index is 11.6. The van der Waals surface area contributed by atoms with Crippen molar-refractivity contribution in [2.45, 2.75) is 31.8 Å². The summed E-state index contributed by atoms with van der Waals surface area (Å²) in [4.78, 5) is 22.4. The van der Waals surface area contributed by atoms with Crippen molar-refractivity contribution < 1.29 is 9.59 Å². The third kappa shape index (κ3) is 4.55. The number of benzene rings is 1. The van der Waals surface area contributed by atoms with Crippen molar-refractivity contribution in [1.29, 1.82) is 0 Å². The van der Waals surface area contributed by atoms with Crippen molar-refractivity contribution in [3.63, 3.8) is 0 Å². The summed E-state index contributed by atoms with van der Waals surface area (Å²) in [5, 5.41) is 2.48. The fourth-order valence-electron chi connectivity index (χ4n) is 1.49. The van der Waals surface area contributed by atoms with Gasteiger partial charge in [0, 0.05) is 0 Å². The average molecular weight is 249 g/mol. The first-order valence-corrected chi connectivity index (χ1v) is 5.90. The summed E-state index contributed by atoms with van der Waals surface area (Å²) < 4.78 is 0. The molecule has 1 rings (SSSR count). The molecular weight excluding hydrogens is 230 g/mol. The third-order valence-electron chi connectivity index (χ3n) is 2.71. The van der Waals surface area contributed by atoms with Gasteiger partial charge in [-0.05, 0) is 25.3 Å². The van der Waals surface area contributed by atoms with Crippen LogP contribution in [-0.2, 0) is 16.0 Å². The molecule has 1 aromatic rings. The van der Waals surface area contributed by atoms with Gasteiger partial charge in [0.1, 0.15) is 6.04 Å². The Labute approximate surface area is 107 Å². The number of hydrogen-bond donors (Lipinski definition) is 3. The average Bonchev–Trinajstić information content (AvgIpc) is 2.36. The molecule has 0 spiro atoms. The third-order valence-corrected chi connectivity index (χ3v) is 2.71. The first-order valence-electron chi connectivity index (χ1n) is 5.90. The fraction of sp³-hybridized carbons (Fsp3) is 0.385. The largest absolute Gasteiger partial charge is 0.368 e. The molecule has 2 unspecified atom stereocenters. The molecule has 1 aromatic carbocycles. The Hall–Kier alpha value is -1.88. The number of amides is 2. The van der Waals surface area contributed by atoms with Gasteiger partial charge in [-0.15, -0.1) is 0 Å². The van der Waals surface area contributed by atoms with E-state index in [-0.39, 0.29) is 5.91 Å². The summed E-state index contributed by atoms with van der Waals surface area (Å²) in [6, 6.07) is 8.46. The van der Waals surface area contributed by atoms with Gasteiger partial charge >= 0.3 is 0 Å². The summed E-state index contributed by atoms with van der Waals surface area (Å²) in [7, 11) is 0. The van der Waals surface area contributed by atoms with Gasteiger partial charge in [-0.1, -0.05) is 30.3 Å². The van der Waals surface area contributed by atoms with Gasteiger partial charge < -0.3 is 16.8 Å². The number of carbonyl (C=O) groups is 2. The second kappa shape index (κ2) is 6.76. The van der Waals surface area contributed by atoms with Crippen LogP contribution >= 0.6 is 0 Å². The molecule has 0 aliphatic heterocycles. The summed E-state index contributed by atoms with van der Waals surface area (Å²) in [6.07, 6.45) is 1.25. The maximum atomic E-state index is 11.6. The van der Waals surface area contributed by atoms with Crippen LogP contribution in [0.2, 0.25) is 0 Å². The zero-order chi connectivity index (χ0) is 13.5. The van der Waals surface area contributed by atoms with Crippen LogP contribution in [0.25, 0.3) is 0 Å². The lowest BCUT2D eigenvalue weighted by atomic mass is 10.1. The lowest BCUT2D eigenvalue weighted by Gasteiger charge is -2.15. The van der Waals surface area contributed by atoms with Crippen molar-refractivity contribution in [3.05, 3.63) is 35.9 Å². The molecule has 0 aliphatic rings. The molecule has 0 aromatic heterocycles. The summed E-state index contributed by atoms with van der Waals surface area (Å²) in [5.41, 5.74) is 11.9.